The molecule has 74 valence electrons. The summed E-state index contributed by atoms with van der Waals surface area (Å²) >= 11 is 5.87. The standard InChI is InChI=1S/C11H23Cl/c1-9(2)6-10(3)7-11(4,5)8-12/h9-10H,6-8H2,1-5H3. The quantitative estimate of drug-likeness (QED) is 0.567. The van der Waals surface area contributed by atoms with Gasteiger partial charge in [0, 0.05) is 5.88 Å². The molecular formula is C11H23Cl. The Morgan fingerprint density at radius 3 is 2.00 bits per heavy atom. The minimum atomic E-state index is 0.315. The molecule has 0 aliphatic carbocycles. The third kappa shape index (κ3) is 5.88. The van der Waals surface area contributed by atoms with Crippen molar-refractivity contribution in [3.05, 3.63) is 0 Å². The van der Waals surface area contributed by atoms with Crippen LogP contribution in [0.5, 0.6) is 0 Å². The Bertz CT molecular complexity index is 116. The van der Waals surface area contributed by atoms with Crippen LogP contribution in [0.3, 0.4) is 0 Å². The molecule has 0 amide bonds. The molecular weight excluding hydrogens is 168 g/mol. The second kappa shape index (κ2) is 5.11. The summed E-state index contributed by atoms with van der Waals surface area (Å²) in [5.74, 6) is 2.39. The minimum absolute atomic E-state index is 0.315. The fraction of sp³-hybridized carbons (Fsp3) is 1.00. The second-order valence-corrected chi connectivity index (χ2v) is 5.50. The van der Waals surface area contributed by atoms with Crippen molar-refractivity contribution >= 4 is 11.6 Å². The zero-order valence-corrected chi connectivity index (χ0v) is 9.91. The van der Waals surface area contributed by atoms with Crippen molar-refractivity contribution in [2.75, 3.05) is 5.88 Å². The summed E-state index contributed by atoms with van der Waals surface area (Å²) in [6.45, 7) is 11.4. The number of alkyl halides is 1. The maximum atomic E-state index is 5.87. The van der Waals surface area contributed by atoms with E-state index in [1.807, 2.05) is 0 Å². The van der Waals surface area contributed by atoms with Crippen LogP contribution in [-0.4, -0.2) is 5.88 Å². The van der Waals surface area contributed by atoms with Crippen LogP contribution in [0.4, 0.5) is 0 Å². The van der Waals surface area contributed by atoms with E-state index in [-0.39, 0.29) is 0 Å². The second-order valence-electron chi connectivity index (χ2n) is 5.24. The molecule has 0 spiro atoms. The molecule has 0 heterocycles. The predicted molar refractivity (Wildman–Crippen MR) is 57.7 cm³/mol. The normalized spacial score (nSPS) is 15.2. The van der Waals surface area contributed by atoms with Crippen molar-refractivity contribution < 1.29 is 0 Å². The maximum absolute atomic E-state index is 5.87. The fourth-order valence-corrected chi connectivity index (χ4v) is 2.00. The van der Waals surface area contributed by atoms with Crippen molar-refractivity contribution in [2.45, 2.75) is 47.5 Å². The highest BCUT2D eigenvalue weighted by Crippen LogP contribution is 2.29. The van der Waals surface area contributed by atoms with Crippen molar-refractivity contribution in [1.82, 2.24) is 0 Å². The average Bonchev–Trinajstić information content (AvgIpc) is 1.84. The average molecular weight is 191 g/mol. The van der Waals surface area contributed by atoms with Gasteiger partial charge in [-0.3, -0.25) is 0 Å². The van der Waals surface area contributed by atoms with Crippen LogP contribution in [0.1, 0.15) is 47.5 Å². The highest BCUT2D eigenvalue weighted by molar-refractivity contribution is 6.18. The molecule has 0 saturated carbocycles. The first kappa shape index (κ1) is 12.3. The largest absolute Gasteiger partial charge is 0.126 e. The van der Waals surface area contributed by atoms with Crippen LogP contribution in [0.25, 0.3) is 0 Å². The van der Waals surface area contributed by atoms with Crippen LogP contribution in [0.2, 0.25) is 0 Å². The van der Waals surface area contributed by atoms with Gasteiger partial charge >= 0.3 is 0 Å². The monoisotopic (exact) mass is 190 g/mol. The fourth-order valence-electron chi connectivity index (χ4n) is 1.89. The Hall–Kier alpha value is 0.290. The Balaban J connectivity index is 3.75. The summed E-state index contributed by atoms with van der Waals surface area (Å²) < 4.78 is 0. The number of halogens is 1. The molecule has 0 aromatic carbocycles. The Morgan fingerprint density at radius 1 is 1.17 bits per heavy atom. The lowest BCUT2D eigenvalue weighted by molar-refractivity contribution is 0.282. The van der Waals surface area contributed by atoms with E-state index in [4.69, 9.17) is 11.6 Å². The first-order valence-corrected chi connectivity index (χ1v) is 5.47. The van der Waals surface area contributed by atoms with Gasteiger partial charge in [-0.1, -0.05) is 34.6 Å². The molecule has 0 radical (unpaired) electrons. The lowest BCUT2D eigenvalue weighted by Crippen LogP contribution is -2.18. The molecule has 1 heteroatoms. The van der Waals surface area contributed by atoms with Gasteiger partial charge in [-0.05, 0) is 30.1 Å². The van der Waals surface area contributed by atoms with E-state index in [0.717, 1.165) is 17.7 Å². The molecule has 0 fully saturated rings. The molecule has 0 rings (SSSR count). The highest BCUT2D eigenvalue weighted by atomic mass is 35.5. The molecule has 0 aromatic heterocycles. The molecule has 0 saturated heterocycles. The Labute approximate surface area is 82.7 Å². The summed E-state index contributed by atoms with van der Waals surface area (Å²) in [5, 5.41) is 0. The molecule has 1 unspecified atom stereocenters. The molecule has 0 N–H and O–H groups in total. The van der Waals surface area contributed by atoms with Crippen LogP contribution in [0.15, 0.2) is 0 Å². The zero-order valence-electron chi connectivity index (χ0n) is 9.15. The summed E-state index contributed by atoms with van der Waals surface area (Å²) in [7, 11) is 0. The van der Waals surface area contributed by atoms with Crippen molar-refractivity contribution in [3.63, 3.8) is 0 Å². The van der Waals surface area contributed by atoms with Gasteiger partial charge in [0.15, 0.2) is 0 Å². The summed E-state index contributed by atoms with van der Waals surface area (Å²) in [5.41, 5.74) is 0.315. The Morgan fingerprint density at radius 2 is 1.67 bits per heavy atom. The van der Waals surface area contributed by atoms with Crippen LogP contribution in [-0.2, 0) is 0 Å². The van der Waals surface area contributed by atoms with E-state index >= 15 is 0 Å². The third-order valence-electron chi connectivity index (χ3n) is 2.14. The van der Waals surface area contributed by atoms with Gasteiger partial charge < -0.3 is 0 Å². The molecule has 0 aliphatic heterocycles. The lowest BCUT2D eigenvalue weighted by atomic mass is 9.82. The molecule has 0 aromatic rings. The number of rotatable bonds is 5. The molecule has 0 aliphatic rings. The first-order chi connectivity index (χ1) is 5.37. The van der Waals surface area contributed by atoms with Crippen LogP contribution in [0, 0.1) is 17.3 Å². The minimum Gasteiger partial charge on any atom is -0.126 e. The van der Waals surface area contributed by atoms with E-state index < -0.39 is 0 Å². The van der Waals surface area contributed by atoms with E-state index in [1.54, 1.807) is 0 Å². The molecule has 12 heavy (non-hydrogen) atoms. The van der Waals surface area contributed by atoms with Gasteiger partial charge in [0.25, 0.3) is 0 Å². The van der Waals surface area contributed by atoms with E-state index in [1.165, 1.54) is 12.8 Å². The Kier molecular flexibility index (Phi) is 5.24. The number of hydrogen-bond acceptors (Lipinski definition) is 0. The van der Waals surface area contributed by atoms with E-state index in [9.17, 15) is 0 Å². The van der Waals surface area contributed by atoms with Gasteiger partial charge in [0.05, 0.1) is 0 Å². The van der Waals surface area contributed by atoms with Gasteiger partial charge in [-0.15, -0.1) is 11.6 Å². The zero-order chi connectivity index (χ0) is 9.78. The van der Waals surface area contributed by atoms with Crippen LogP contribution >= 0.6 is 11.6 Å². The van der Waals surface area contributed by atoms with Gasteiger partial charge in [-0.2, -0.15) is 0 Å². The summed E-state index contributed by atoms with van der Waals surface area (Å²) in [4.78, 5) is 0. The third-order valence-corrected chi connectivity index (χ3v) is 2.86. The predicted octanol–water partition coefficient (Wildman–Crippen LogP) is 4.32. The number of hydrogen-bond donors (Lipinski definition) is 0. The molecule has 1 atom stereocenters. The van der Waals surface area contributed by atoms with Gasteiger partial charge in [0.1, 0.15) is 0 Å². The van der Waals surface area contributed by atoms with Crippen molar-refractivity contribution in [3.8, 4) is 0 Å². The first-order valence-electron chi connectivity index (χ1n) is 4.93. The lowest BCUT2D eigenvalue weighted by Gasteiger charge is -2.26. The highest BCUT2D eigenvalue weighted by Gasteiger charge is 2.20. The van der Waals surface area contributed by atoms with Crippen LogP contribution < -0.4 is 0 Å². The smallest absolute Gasteiger partial charge is 0.0274 e. The topological polar surface area (TPSA) is 0 Å². The summed E-state index contributed by atoms with van der Waals surface area (Å²) in [6, 6.07) is 0. The van der Waals surface area contributed by atoms with E-state index in [0.29, 0.717) is 5.41 Å². The van der Waals surface area contributed by atoms with Crippen molar-refractivity contribution in [1.29, 1.82) is 0 Å². The van der Waals surface area contributed by atoms with Gasteiger partial charge in [0.2, 0.25) is 0 Å². The van der Waals surface area contributed by atoms with Crippen molar-refractivity contribution in [2.24, 2.45) is 17.3 Å². The molecule has 0 nitrogen and oxygen atoms in total. The SMILES string of the molecule is CC(C)CC(C)CC(C)(C)CCl. The summed E-state index contributed by atoms with van der Waals surface area (Å²) in [6.07, 6.45) is 2.56. The van der Waals surface area contributed by atoms with E-state index in [2.05, 4.69) is 34.6 Å². The van der Waals surface area contributed by atoms with Gasteiger partial charge in [-0.25, -0.2) is 0 Å². The molecule has 0 bridgehead atoms. The maximum Gasteiger partial charge on any atom is 0.0274 e.